The van der Waals surface area contributed by atoms with Gasteiger partial charge in [0, 0.05) is 26.7 Å². The highest BCUT2D eigenvalue weighted by Crippen LogP contribution is 2.25. The van der Waals surface area contributed by atoms with Gasteiger partial charge in [0.15, 0.2) is 0 Å². The van der Waals surface area contributed by atoms with Gasteiger partial charge in [0.05, 0.1) is 13.0 Å². The van der Waals surface area contributed by atoms with Crippen molar-refractivity contribution in [2.45, 2.75) is 46.7 Å². The Labute approximate surface area is 128 Å². The van der Waals surface area contributed by atoms with Crippen molar-refractivity contribution in [3.8, 4) is 5.75 Å². The molecule has 1 N–H and O–H groups in total. The van der Waals surface area contributed by atoms with Gasteiger partial charge >= 0.3 is 0 Å². The summed E-state index contributed by atoms with van der Waals surface area (Å²) in [4.78, 5) is 13.1. The van der Waals surface area contributed by atoms with Crippen LogP contribution in [0.4, 0.5) is 0 Å². The number of benzene rings is 1. The van der Waals surface area contributed by atoms with E-state index in [2.05, 4.69) is 45.1 Å². The molecule has 0 aliphatic heterocycles. The van der Waals surface area contributed by atoms with E-state index in [1.54, 1.807) is 19.0 Å². The normalized spacial score (nSPS) is 10.8. The lowest BCUT2D eigenvalue weighted by molar-refractivity contribution is -0.129. The Morgan fingerprint density at radius 3 is 2.29 bits per heavy atom. The van der Waals surface area contributed by atoms with Gasteiger partial charge in [0.2, 0.25) is 5.91 Å². The first-order valence-electron chi connectivity index (χ1n) is 7.47. The van der Waals surface area contributed by atoms with E-state index in [0.717, 1.165) is 23.4 Å². The first-order valence-corrected chi connectivity index (χ1v) is 7.47. The summed E-state index contributed by atoms with van der Waals surface area (Å²) < 4.78 is 5.80. The lowest BCUT2D eigenvalue weighted by atomic mass is 10.1. The summed E-state index contributed by atoms with van der Waals surface area (Å²) in [5.41, 5.74) is 3.50. The molecule has 0 heterocycles. The molecule has 0 saturated carbocycles. The molecule has 0 spiro atoms. The van der Waals surface area contributed by atoms with Crippen molar-refractivity contribution in [2.24, 2.45) is 0 Å². The number of carbonyl (C=O) groups is 1. The van der Waals surface area contributed by atoms with Crippen molar-refractivity contribution in [3.05, 3.63) is 28.8 Å². The van der Waals surface area contributed by atoms with Gasteiger partial charge in [0.1, 0.15) is 5.75 Å². The van der Waals surface area contributed by atoms with Gasteiger partial charge in [-0.1, -0.05) is 26.0 Å². The fourth-order valence-corrected chi connectivity index (χ4v) is 2.16. The Morgan fingerprint density at radius 1 is 1.24 bits per heavy atom. The molecule has 0 bridgehead atoms. The van der Waals surface area contributed by atoms with E-state index in [1.165, 1.54) is 5.56 Å². The maximum atomic E-state index is 11.5. The highest BCUT2D eigenvalue weighted by molar-refractivity contribution is 5.75. The third-order valence-corrected chi connectivity index (χ3v) is 3.30. The largest absolute Gasteiger partial charge is 0.493 e. The Morgan fingerprint density at radius 2 is 1.81 bits per heavy atom. The molecule has 4 nitrogen and oxygen atoms in total. The van der Waals surface area contributed by atoms with Gasteiger partial charge in [-0.15, -0.1) is 0 Å². The van der Waals surface area contributed by atoms with Gasteiger partial charge in [-0.3, -0.25) is 4.79 Å². The molecule has 118 valence electrons. The van der Waals surface area contributed by atoms with Gasteiger partial charge in [-0.25, -0.2) is 0 Å². The van der Waals surface area contributed by atoms with Gasteiger partial charge in [-0.05, 0) is 30.5 Å². The zero-order valence-corrected chi connectivity index (χ0v) is 14.1. The number of rotatable bonds is 7. The highest BCUT2D eigenvalue weighted by atomic mass is 16.5. The van der Waals surface area contributed by atoms with Gasteiger partial charge in [-0.2, -0.15) is 0 Å². The Kier molecular flexibility index (Phi) is 6.69. The number of amides is 1. The van der Waals surface area contributed by atoms with Crippen LogP contribution in [0, 0.1) is 13.8 Å². The minimum Gasteiger partial charge on any atom is -0.493 e. The summed E-state index contributed by atoms with van der Waals surface area (Å²) in [5.74, 6) is 0.984. The SMILES string of the molecule is Cc1cc(CNC(C)C)cc(C)c1OCCC(=O)N(C)C. The molecule has 0 unspecified atom stereocenters. The van der Waals surface area contributed by atoms with Crippen LogP contribution >= 0.6 is 0 Å². The van der Waals surface area contributed by atoms with Crippen molar-refractivity contribution in [3.63, 3.8) is 0 Å². The third kappa shape index (κ3) is 5.76. The van der Waals surface area contributed by atoms with E-state index in [4.69, 9.17) is 4.74 Å². The Bertz CT molecular complexity index is 459. The van der Waals surface area contributed by atoms with E-state index in [-0.39, 0.29) is 5.91 Å². The molecule has 0 fully saturated rings. The monoisotopic (exact) mass is 292 g/mol. The number of nitrogens with zero attached hydrogens (tertiary/aromatic N) is 1. The molecule has 1 aromatic rings. The second-order valence-electron chi connectivity index (χ2n) is 5.98. The summed E-state index contributed by atoms with van der Waals surface area (Å²) in [7, 11) is 3.52. The number of aryl methyl sites for hydroxylation is 2. The molecule has 0 radical (unpaired) electrons. The average molecular weight is 292 g/mol. The van der Waals surface area contributed by atoms with Crippen LogP contribution in [-0.4, -0.2) is 37.6 Å². The van der Waals surface area contributed by atoms with Crippen LogP contribution in [0.3, 0.4) is 0 Å². The van der Waals surface area contributed by atoms with Crippen LogP contribution in [0.5, 0.6) is 5.75 Å². The quantitative estimate of drug-likeness (QED) is 0.840. The van der Waals surface area contributed by atoms with Crippen LogP contribution in [-0.2, 0) is 11.3 Å². The predicted molar refractivity (Wildman–Crippen MR) is 86.7 cm³/mol. The van der Waals surface area contributed by atoms with Crippen LogP contribution in [0.2, 0.25) is 0 Å². The highest BCUT2D eigenvalue weighted by Gasteiger charge is 2.09. The fourth-order valence-electron chi connectivity index (χ4n) is 2.16. The van der Waals surface area contributed by atoms with E-state index < -0.39 is 0 Å². The number of hydrogen-bond donors (Lipinski definition) is 1. The molecule has 1 aromatic carbocycles. The summed E-state index contributed by atoms with van der Waals surface area (Å²) in [6.45, 7) is 9.66. The van der Waals surface area contributed by atoms with Gasteiger partial charge in [0.25, 0.3) is 0 Å². The zero-order valence-electron chi connectivity index (χ0n) is 14.1. The first kappa shape index (κ1) is 17.5. The smallest absolute Gasteiger partial charge is 0.225 e. The van der Waals surface area contributed by atoms with E-state index in [9.17, 15) is 4.79 Å². The Balaban J connectivity index is 2.65. The number of carbonyl (C=O) groups excluding carboxylic acids is 1. The van der Waals surface area contributed by atoms with Crippen LogP contribution in [0.25, 0.3) is 0 Å². The van der Waals surface area contributed by atoms with Crippen LogP contribution < -0.4 is 10.1 Å². The molecule has 1 rings (SSSR count). The molecular formula is C17H28N2O2. The zero-order chi connectivity index (χ0) is 16.0. The van der Waals surface area contributed by atoms with Crippen LogP contribution in [0.1, 0.15) is 37.0 Å². The van der Waals surface area contributed by atoms with Crippen molar-refractivity contribution in [1.29, 1.82) is 0 Å². The van der Waals surface area contributed by atoms with E-state index in [0.29, 0.717) is 19.1 Å². The van der Waals surface area contributed by atoms with E-state index in [1.807, 2.05) is 0 Å². The summed E-state index contributed by atoms with van der Waals surface area (Å²) in [6.07, 6.45) is 0.405. The van der Waals surface area contributed by atoms with Crippen LogP contribution in [0.15, 0.2) is 12.1 Å². The summed E-state index contributed by atoms with van der Waals surface area (Å²) >= 11 is 0. The van der Waals surface area contributed by atoms with Crippen molar-refractivity contribution in [1.82, 2.24) is 10.2 Å². The summed E-state index contributed by atoms with van der Waals surface area (Å²) in [6, 6.07) is 4.76. The molecule has 0 aliphatic rings. The fraction of sp³-hybridized carbons (Fsp3) is 0.588. The van der Waals surface area contributed by atoms with Gasteiger partial charge < -0.3 is 15.0 Å². The molecule has 0 aliphatic carbocycles. The number of ether oxygens (including phenoxy) is 1. The minimum atomic E-state index is 0.0862. The lowest BCUT2D eigenvalue weighted by Crippen LogP contribution is -2.23. The molecule has 4 heteroatoms. The second-order valence-corrected chi connectivity index (χ2v) is 5.98. The lowest BCUT2D eigenvalue weighted by Gasteiger charge is -2.16. The summed E-state index contributed by atoms with van der Waals surface area (Å²) in [5, 5.41) is 3.42. The topological polar surface area (TPSA) is 41.6 Å². The van der Waals surface area contributed by atoms with Crippen molar-refractivity contribution >= 4 is 5.91 Å². The van der Waals surface area contributed by atoms with E-state index >= 15 is 0 Å². The molecule has 0 aromatic heterocycles. The molecule has 21 heavy (non-hydrogen) atoms. The second kappa shape index (κ2) is 8.03. The average Bonchev–Trinajstić information content (AvgIpc) is 2.39. The molecule has 0 saturated heterocycles. The first-order chi connectivity index (χ1) is 9.81. The molecule has 0 atom stereocenters. The van der Waals surface area contributed by atoms with Crippen molar-refractivity contribution in [2.75, 3.05) is 20.7 Å². The minimum absolute atomic E-state index is 0.0862. The van der Waals surface area contributed by atoms with Crippen molar-refractivity contribution < 1.29 is 9.53 Å². The predicted octanol–water partition coefficient (Wildman–Crippen LogP) is 2.66. The molecular weight excluding hydrogens is 264 g/mol. The molecule has 1 amide bonds. The Hall–Kier alpha value is -1.55. The maximum absolute atomic E-state index is 11.5. The number of nitrogens with one attached hydrogen (secondary N) is 1. The third-order valence-electron chi connectivity index (χ3n) is 3.30. The number of hydrogen-bond acceptors (Lipinski definition) is 3. The standard InChI is InChI=1S/C17H28N2O2/c1-12(2)18-11-15-9-13(3)17(14(4)10-15)21-8-7-16(20)19(5)6/h9-10,12,18H,7-8,11H2,1-6H3. The maximum Gasteiger partial charge on any atom is 0.225 e.